The molecule has 1 amide bonds. The van der Waals surface area contributed by atoms with E-state index in [1.54, 1.807) is 12.2 Å². The minimum absolute atomic E-state index is 0.101. The highest BCUT2D eigenvalue weighted by atomic mass is 16.4. The Bertz CT molecular complexity index is 311. The van der Waals surface area contributed by atoms with Crippen molar-refractivity contribution in [3.8, 4) is 0 Å². The van der Waals surface area contributed by atoms with Crippen LogP contribution in [0, 0.1) is 11.8 Å². The summed E-state index contributed by atoms with van der Waals surface area (Å²) in [5, 5.41) is 11.6. The first-order chi connectivity index (χ1) is 8.10. The van der Waals surface area contributed by atoms with Crippen LogP contribution in [0.4, 0.5) is 0 Å². The van der Waals surface area contributed by atoms with Crippen molar-refractivity contribution in [3.63, 3.8) is 0 Å². The molecular formula is C13H19NO3. The normalized spacial score (nSPS) is 16.3. The van der Waals surface area contributed by atoms with Crippen molar-refractivity contribution in [1.82, 2.24) is 5.32 Å². The molecule has 0 heterocycles. The second kappa shape index (κ2) is 6.23. The Labute approximate surface area is 101 Å². The van der Waals surface area contributed by atoms with Gasteiger partial charge < -0.3 is 10.4 Å². The third-order valence-corrected chi connectivity index (χ3v) is 2.93. The molecule has 4 nitrogen and oxygen atoms in total. The largest absolute Gasteiger partial charge is 0.480 e. The number of rotatable bonds is 8. The molecule has 1 saturated carbocycles. The lowest BCUT2D eigenvalue weighted by atomic mass is 9.99. The van der Waals surface area contributed by atoms with Crippen LogP contribution in [0.25, 0.3) is 0 Å². The number of carboxylic acid groups (broad SMARTS) is 1. The highest BCUT2D eigenvalue weighted by Gasteiger charge is 2.37. The van der Waals surface area contributed by atoms with E-state index in [9.17, 15) is 9.59 Å². The fraction of sp³-hybridized carbons (Fsp3) is 0.538. The first-order valence-electron chi connectivity index (χ1n) is 5.85. The summed E-state index contributed by atoms with van der Waals surface area (Å²) >= 11 is 0. The van der Waals surface area contributed by atoms with Gasteiger partial charge in [-0.1, -0.05) is 12.2 Å². The highest BCUT2D eigenvalue weighted by Crippen LogP contribution is 2.33. The number of carboxylic acids is 1. The maximum absolute atomic E-state index is 11.9. The van der Waals surface area contributed by atoms with E-state index in [0.717, 1.165) is 12.8 Å². The van der Waals surface area contributed by atoms with Gasteiger partial charge in [-0.25, -0.2) is 4.79 Å². The van der Waals surface area contributed by atoms with Crippen LogP contribution in [0.2, 0.25) is 0 Å². The average molecular weight is 237 g/mol. The molecule has 0 saturated heterocycles. The quantitative estimate of drug-likeness (QED) is 0.632. The van der Waals surface area contributed by atoms with Crippen LogP contribution in [0.1, 0.15) is 25.7 Å². The van der Waals surface area contributed by atoms with Gasteiger partial charge in [0.05, 0.1) is 0 Å². The fourth-order valence-electron chi connectivity index (χ4n) is 1.79. The van der Waals surface area contributed by atoms with Crippen LogP contribution >= 0.6 is 0 Å². The van der Waals surface area contributed by atoms with Gasteiger partial charge in [0.2, 0.25) is 5.91 Å². The fourth-order valence-corrected chi connectivity index (χ4v) is 1.79. The molecule has 0 aliphatic heterocycles. The molecule has 1 aliphatic carbocycles. The van der Waals surface area contributed by atoms with Crippen LogP contribution in [-0.2, 0) is 9.59 Å². The Balaban J connectivity index is 2.56. The molecule has 1 fully saturated rings. The number of carbonyl (C=O) groups excluding carboxylic acids is 1. The van der Waals surface area contributed by atoms with Crippen molar-refractivity contribution in [1.29, 1.82) is 0 Å². The molecule has 1 aliphatic rings. The predicted molar refractivity (Wildman–Crippen MR) is 65.4 cm³/mol. The lowest BCUT2D eigenvalue weighted by molar-refractivity contribution is -0.143. The van der Waals surface area contributed by atoms with Crippen molar-refractivity contribution in [2.45, 2.75) is 31.7 Å². The van der Waals surface area contributed by atoms with Crippen molar-refractivity contribution in [2.75, 3.05) is 0 Å². The van der Waals surface area contributed by atoms with Gasteiger partial charge in [-0.2, -0.15) is 0 Å². The molecule has 94 valence electrons. The summed E-state index contributed by atoms with van der Waals surface area (Å²) in [6.07, 6.45) is 6.17. The van der Waals surface area contributed by atoms with Gasteiger partial charge in [0.25, 0.3) is 0 Å². The van der Waals surface area contributed by atoms with E-state index < -0.39 is 12.0 Å². The molecule has 0 aromatic carbocycles. The van der Waals surface area contributed by atoms with E-state index in [-0.39, 0.29) is 17.7 Å². The van der Waals surface area contributed by atoms with E-state index in [2.05, 4.69) is 18.5 Å². The summed E-state index contributed by atoms with van der Waals surface area (Å²) in [6, 6.07) is -0.736. The molecule has 1 rings (SSSR count). The first-order valence-corrected chi connectivity index (χ1v) is 5.85. The smallest absolute Gasteiger partial charge is 0.326 e. The van der Waals surface area contributed by atoms with Gasteiger partial charge in [0.15, 0.2) is 0 Å². The van der Waals surface area contributed by atoms with E-state index in [0.29, 0.717) is 12.8 Å². The lowest BCUT2D eigenvalue weighted by Crippen LogP contribution is -2.44. The average Bonchev–Trinajstić information content (AvgIpc) is 3.08. The molecule has 4 heteroatoms. The van der Waals surface area contributed by atoms with E-state index in [1.807, 2.05) is 0 Å². The monoisotopic (exact) mass is 237 g/mol. The third-order valence-electron chi connectivity index (χ3n) is 2.93. The number of aliphatic carboxylic acids is 1. The zero-order chi connectivity index (χ0) is 12.8. The Morgan fingerprint density at radius 1 is 1.29 bits per heavy atom. The number of allylic oxidation sites excluding steroid dienone is 2. The van der Waals surface area contributed by atoms with E-state index >= 15 is 0 Å². The Hall–Kier alpha value is -1.58. The molecule has 0 aromatic heterocycles. The highest BCUT2D eigenvalue weighted by molar-refractivity contribution is 5.85. The summed E-state index contributed by atoms with van der Waals surface area (Å²) < 4.78 is 0. The van der Waals surface area contributed by atoms with Gasteiger partial charge in [-0.3, -0.25) is 4.79 Å². The molecule has 0 spiro atoms. The summed E-state index contributed by atoms with van der Waals surface area (Å²) in [5.74, 6) is -1.32. The van der Waals surface area contributed by atoms with Crippen molar-refractivity contribution in [3.05, 3.63) is 25.3 Å². The minimum Gasteiger partial charge on any atom is -0.480 e. The molecule has 2 N–H and O–H groups in total. The SMILES string of the molecule is C=CCC(CC=C)C(=O)NC(C(=O)O)C1CC1. The topological polar surface area (TPSA) is 66.4 Å². The summed E-state index contributed by atoms with van der Waals surface area (Å²) in [6.45, 7) is 7.19. The van der Waals surface area contributed by atoms with Crippen LogP contribution in [0.15, 0.2) is 25.3 Å². The zero-order valence-corrected chi connectivity index (χ0v) is 9.89. The van der Waals surface area contributed by atoms with Crippen molar-refractivity contribution >= 4 is 11.9 Å². The van der Waals surface area contributed by atoms with Gasteiger partial charge in [0, 0.05) is 5.92 Å². The van der Waals surface area contributed by atoms with Gasteiger partial charge in [-0.05, 0) is 31.6 Å². The van der Waals surface area contributed by atoms with Crippen LogP contribution in [-0.4, -0.2) is 23.0 Å². The Morgan fingerprint density at radius 3 is 2.18 bits per heavy atom. The zero-order valence-electron chi connectivity index (χ0n) is 9.89. The summed E-state index contributed by atoms with van der Waals surface area (Å²) in [7, 11) is 0. The number of hydrogen-bond acceptors (Lipinski definition) is 2. The van der Waals surface area contributed by atoms with Crippen LogP contribution < -0.4 is 5.32 Å². The standard InChI is InChI=1S/C13H19NO3/c1-3-5-10(6-4-2)12(15)14-11(13(16)17)9-7-8-9/h3-4,9-11H,1-2,5-8H2,(H,14,15)(H,16,17). The molecule has 0 bridgehead atoms. The number of hydrogen-bond donors (Lipinski definition) is 2. The number of amides is 1. The van der Waals surface area contributed by atoms with Gasteiger partial charge in [0.1, 0.15) is 6.04 Å². The maximum Gasteiger partial charge on any atom is 0.326 e. The molecule has 0 radical (unpaired) electrons. The summed E-state index contributed by atoms with van der Waals surface area (Å²) in [5.41, 5.74) is 0. The first kappa shape index (κ1) is 13.5. The van der Waals surface area contributed by atoms with Crippen LogP contribution in [0.3, 0.4) is 0 Å². The van der Waals surface area contributed by atoms with E-state index in [4.69, 9.17) is 5.11 Å². The Morgan fingerprint density at radius 2 is 1.82 bits per heavy atom. The van der Waals surface area contributed by atoms with Crippen LogP contribution in [0.5, 0.6) is 0 Å². The Kier molecular flexibility index (Phi) is 4.94. The molecule has 17 heavy (non-hydrogen) atoms. The summed E-state index contributed by atoms with van der Waals surface area (Å²) in [4.78, 5) is 22.9. The van der Waals surface area contributed by atoms with Gasteiger partial charge in [-0.15, -0.1) is 13.2 Å². The maximum atomic E-state index is 11.9. The van der Waals surface area contributed by atoms with Gasteiger partial charge >= 0.3 is 5.97 Å². The molecule has 1 atom stereocenters. The number of carbonyl (C=O) groups is 2. The van der Waals surface area contributed by atoms with Crippen molar-refractivity contribution < 1.29 is 14.7 Å². The number of nitrogens with one attached hydrogen (secondary N) is 1. The lowest BCUT2D eigenvalue weighted by Gasteiger charge is -2.18. The third kappa shape index (κ3) is 4.06. The molecule has 1 unspecified atom stereocenters. The molecule has 0 aromatic rings. The van der Waals surface area contributed by atoms with E-state index in [1.165, 1.54) is 0 Å². The molecular weight excluding hydrogens is 218 g/mol. The second-order valence-electron chi connectivity index (χ2n) is 4.41. The minimum atomic E-state index is -0.947. The van der Waals surface area contributed by atoms with Crippen molar-refractivity contribution in [2.24, 2.45) is 11.8 Å². The predicted octanol–water partition coefficient (Wildman–Crippen LogP) is 1.73. The second-order valence-corrected chi connectivity index (χ2v) is 4.41.